The van der Waals surface area contributed by atoms with E-state index in [1.165, 1.54) is 56.7 Å². The fourth-order valence-electron chi connectivity index (χ4n) is 4.02. The van der Waals surface area contributed by atoms with Crippen LogP contribution in [0.25, 0.3) is 12.2 Å². The third-order valence-corrected chi connectivity index (χ3v) is 6.07. The Kier molecular flexibility index (Phi) is 9.24. The van der Waals surface area contributed by atoms with E-state index >= 15 is 0 Å². The van der Waals surface area contributed by atoms with E-state index in [1.807, 2.05) is 0 Å². The number of hydrogen-bond donors (Lipinski definition) is 6. The van der Waals surface area contributed by atoms with Crippen LogP contribution in [0, 0.1) is 0 Å². The summed E-state index contributed by atoms with van der Waals surface area (Å²) in [5, 5.41) is 59.5. The van der Waals surface area contributed by atoms with Crippen molar-refractivity contribution in [3.05, 3.63) is 53.6 Å². The van der Waals surface area contributed by atoms with Crippen molar-refractivity contribution in [2.75, 3.05) is 14.2 Å². The van der Waals surface area contributed by atoms with Gasteiger partial charge in [0.2, 0.25) is 5.75 Å². The zero-order valence-electron chi connectivity index (χ0n) is 21.4. The van der Waals surface area contributed by atoms with Gasteiger partial charge >= 0.3 is 17.9 Å². The summed E-state index contributed by atoms with van der Waals surface area (Å²) in [6.07, 6.45) is -1.75. The molecule has 1 aliphatic rings. The van der Waals surface area contributed by atoms with Gasteiger partial charge in [-0.2, -0.15) is 0 Å². The number of hydrogen-bond acceptors (Lipinski definition) is 12. The third kappa shape index (κ3) is 7.01. The lowest BCUT2D eigenvalue weighted by Crippen LogP contribution is -2.58. The van der Waals surface area contributed by atoms with Crippen molar-refractivity contribution in [3.8, 4) is 28.7 Å². The first-order valence-electron chi connectivity index (χ1n) is 11.7. The van der Waals surface area contributed by atoms with Gasteiger partial charge in [0.05, 0.1) is 20.3 Å². The van der Waals surface area contributed by atoms with Crippen LogP contribution in [0.15, 0.2) is 42.5 Å². The molecular weight excluding hydrogens is 532 g/mol. The first-order valence-corrected chi connectivity index (χ1v) is 11.7. The molecule has 0 saturated heterocycles. The van der Waals surface area contributed by atoms with E-state index in [1.54, 1.807) is 0 Å². The first kappa shape index (κ1) is 29.8. The van der Waals surface area contributed by atoms with Crippen molar-refractivity contribution in [1.29, 1.82) is 0 Å². The van der Waals surface area contributed by atoms with E-state index < -0.39 is 60.4 Å². The van der Waals surface area contributed by atoms with Crippen molar-refractivity contribution in [1.82, 2.24) is 0 Å². The minimum Gasteiger partial charge on any atom is -0.504 e. The molecular formula is C27H28O13. The van der Waals surface area contributed by atoms with Crippen molar-refractivity contribution >= 4 is 30.1 Å². The number of ether oxygens (including phenoxy) is 4. The van der Waals surface area contributed by atoms with Crippen LogP contribution in [0.1, 0.15) is 24.0 Å². The molecule has 1 saturated carbocycles. The third-order valence-electron chi connectivity index (χ3n) is 6.07. The second-order valence-electron chi connectivity index (χ2n) is 8.88. The lowest BCUT2D eigenvalue weighted by molar-refractivity contribution is -0.204. The van der Waals surface area contributed by atoms with Gasteiger partial charge < -0.3 is 49.6 Å². The maximum absolute atomic E-state index is 12.6. The van der Waals surface area contributed by atoms with Crippen LogP contribution in [-0.2, 0) is 23.9 Å². The number of carbonyl (C=O) groups is 3. The summed E-state index contributed by atoms with van der Waals surface area (Å²) in [5.74, 6) is -4.58. The van der Waals surface area contributed by atoms with E-state index in [0.29, 0.717) is 11.1 Å². The maximum Gasteiger partial charge on any atom is 0.335 e. The quantitative estimate of drug-likeness (QED) is 0.145. The molecule has 0 aromatic heterocycles. The van der Waals surface area contributed by atoms with Gasteiger partial charge in [-0.3, -0.25) is 0 Å². The zero-order chi connectivity index (χ0) is 29.6. The molecule has 13 heteroatoms. The molecule has 2 aromatic rings. The van der Waals surface area contributed by atoms with Crippen LogP contribution in [0.5, 0.6) is 28.7 Å². The molecule has 40 heavy (non-hydrogen) atoms. The number of methoxy groups -OCH3 is 2. The summed E-state index contributed by atoms with van der Waals surface area (Å²) in [6, 6.07) is 6.58. The van der Waals surface area contributed by atoms with Crippen LogP contribution in [0.4, 0.5) is 0 Å². The largest absolute Gasteiger partial charge is 0.504 e. The minimum atomic E-state index is -2.46. The van der Waals surface area contributed by atoms with Crippen LogP contribution < -0.4 is 9.47 Å². The van der Waals surface area contributed by atoms with Crippen molar-refractivity contribution in [2.45, 2.75) is 36.8 Å². The highest BCUT2D eigenvalue weighted by atomic mass is 16.6. The number of carboxylic acid groups (broad SMARTS) is 1. The van der Waals surface area contributed by atoms with Crippen molar-refractivity contribution in [2.24, 2.45) is 0 Å². The number of carboxylic acids is 1. The molecule has 0 heterocycles. The number of aromatic hydroxyl groups is 3. The predicted molar refractivity (Wildman–Crippen MR) is 137 cm³/mol. The number of esters is 2. The van der Waals surface area contributed by atoms with E-state index in [-0.39, 0.29) is 23.0 Å². The van der Waals surface area contributed by atoms with Crippen LogP contribution in [-0.4, -0.2) is 86.7 Å². The zero-order valence-corrected chi connectivity index (χ0v) is 21.4. The Hall–Kier alpha value is -4.75. The second kappa shape index (κ2) is 12.4. The number of phenolic OH excluding ortho intramolecular Hbond substituents is 3. The molecule has 0 spiro atoms. The highest BCUT2D eigenvalue weighted by Gasteiger charge is 2.52. The molecule has 3 rings (SSSR count). The molecule has 0 radical (unpaired) electrons. The Morgan fingerprint density at radius 2 is 1.43 bits per heavy atom. The first-order chi connectivity index (χ1) is 18.9. The number of aliphatic carboxylic acids is 1. The lowest BCUT2D eigenvalue weighted by atomic mass is 9.79. The molecule has 4 atom stereocenters. The molecule has 13 nitrogen and oxygen atoms in total. The Balaban J connectivity index is 1.78. The smallest absolute Gasteiger partial charge is 0.335 e. The molecule has 1 fully saturated rings. The summed E-state index contributed by atoms with van der Waals surface area (Å²) in [4.78, 5) is 36.7. The van der Waals surface area contributed by atoms with Gasteiger partial charge in [-0.1, -0.05) is 6.07 Å². The van der Waals surface area contributed by atoms with E-state index in [0.717, 1.165) is 12.2 Å². The average Bonchev–Trinajstić information content (AvgIpc) is 2.90. The number of aliphatic hydroxyl groups excluding tert-OH is 1. The Morgan fingerprint density at radius 3 is 1.98 bits per heavy atom. The van der Waals surface area contributed by atoms with Crippen molar-refractivity contribution in [3.63, 3.8) is 0 Å². The van der Waals surface area contributed by atoms with Gasteiger partial charge in [0.1, 0.15) is 6.10 Å². The van der Waals surface area contributed by atoms with Crippen LogP contribution in [0.3, 0.4) is 0 Å². The summed E-state index contributed by atoms with van der Waals surface area (Å²) < 4.78 is 20.7. The Morgan fingerprint density at radius 1 is 0.850 bits per heavy atom. The summed E-state index contributed by atoms with van der Waals surface area (Å²) in [5.41, 5.74) is -1.77. The summed E-state index contributed by atoms with van der Waals surface area (Å²) in [7, 11) is 2.65. The Bertz CT molecular complexity index is 1310. The number of phenols is 3. The monoisotopic (exact) mass is 560 g/mol. The Labute approximate surface area is 227 Å². The normalized spacial score (nSPS) is 22.6. The predicted octanol–water partition coefficient (Wildman–Crippen LogP) is 1.34. The molecule has 0 bridgehead atoms. The molecule has 6 N–H and O–H groups in total. The highest BCUT2D eigenvalue weighted by Crippen LogP contribution is 2.37. The van der Waals surface area contributed by atoms with E-state index in [9.17, 15) is 45.0 Å². The van der Waals surface area contributed by atoms with E-state index in [4.69, 9.17) is 18.9 Å². The van der Waals surface area contributed by atoms with Gasteiger partial charge in [-0.05, 0) is 47.5 Å². The van der Waals surface area contributed by atoms with E-state index in [2.05, 4.69) is 0 Å². The number of rotatable bonds is 9. The maximum atomic E-state index is 12.6. The van der Waals surface area contributed by atoms with Gasteiger partial charge in [-0.15, -0.1) is 0 Å². The highest BCUT2D eigenvalue weighted by molar-refractivity contribution is 5.88. The standard InChI is InChI=1S/C27H28O13/c1-37-19-10-15(11-20(38-2)24(19)33)5-8-23(32)40-25-18(30)12-27(36,26(34)35)13-21(25)39-22(31)7-4-14-3-6-16(28)17(29)9-14/h3-11,18,21,25,28-30,33,36H,12-13H2,1-2H3,(H,34,35)/b7-4+,8-5+/t18-,21-,25-,27+/m1/s1. The van der Waals surface area contributed by atoms with Crippen LogP contribution >= 0.6 is 0 Å². The molecule has 0 unspecified atom stereocenters. The lowest BCUT2D eigenvalue weighted by Gasteiger charge is -2.40. The van der Waals surface area contributed by atoms with Gasteiger partial charge in [-0.25, -0.2) is 14.4 Å². The molecule has 2 aromatic carbocycles. The second-order valence-corrected chi connectivity index (χ2v) is 8.88. The molecule has 0 amide bonds. The van der Waals surface area contributed by atoms with Gasteiger partial charge in [0.25, 0.3) is 0 Å². The SMILES string of the molecule is COc1cc(/C=C/C(=O)O[C@@H]2[C@H](O)C[C@@](O)(C(=O)O)C[C@H]2OC(=O)/C=C/c2ccc(O)c(O)c2)cc(OC)c1O. The number of aliphatic hydroxyl groups is 2. The molecule has 1 aliphatic carbocycles. The summed E-state index contributed by atoms with van der Waals surface area (Å²) >= 11 is 0. The summed E-state index contributed by atoms with van der Waals surface area (Å²) in [6.45, 7) is 0. The fourth-order valence-corrected chi connectivity index (χ4v) is 4.02. The average molecular weight is 561 g/mol. The number of carbonyl (C=O) groups excluding carboxylic acids is 2. The van der Waals surface area contributed by atoms with Crippen molar-refractivity contribution < 1.29 is 64.0 Å². The van der Waals surface area contributed by atoms with Gasteiger partial charge in [0, 0.05) is 25.0 Å². The fraction of sp³-hybridized carbons (Fsp3) is 0.296. The van der Waals surface area contributed by atoms with Gasteiger partial charge in [0.15, 0.2) is 34.7 Å². The minimum absolute atomic E-state index is 0.0746. The van der Waals surface area contributed by atoms with Crippen LogP contribution in [0.2, 0.25) is 0 Å². The molecule has 214 valence electrons. The topological polar surface area (TPSA) is 210 Å². The number of benzene rings is 2. The molecule has 0 aliphatic heterocycles.